The third-order valence-corrected chi connectivity index (χ3v) is 5.06. The van der Waals surface area contributed by atoms with Gasteiger partial charge in [0.25, 0.3) is 0 Å². The zero-order valence-corrected chi connectivity index (χ0v) is 16.5. The molecule has 30 heavy (non-hydrogen) atoms. The van der Waals surface area contributed by atoms with Crippen molar-refractivity contribution in [3.63, 3.8) is 0 Å². The predicted molar refractivity (Wildman–Crippen MR) is 105 cm³/mol. The van der Waals surface area contributed by atoms with Crippen molar-refractivity contribution in [1.29, 1.82) is 0 Å². The van der Waals surface area contributed by atoms with Crippen LogP contribution in [0.1, 0.15) is 54.1 Å². The third kappa shape index (κ3) is 3.79. The van der Waals surface area contributed by atoms with Crippen LogP contribution < -0.4 is 14.2 Å². The maximum atomic E-state index is 12.9. The molecule has 0 saturated carbocycles. The van der Waals surface area contributed by atoms with Gasteiger partial charge in [-0.1, -0.05) is 32.0 Å². The molecule has 0 aromatic heterocycles. The van der Waals surface area contributed by atoms with E-state index in [4.69, 9.17) is 9.47 Å². The molecular weight excluding hydrogens is 394 g/mol. The normalized spacial score (nSPS) is 19.0. The highest BCUT2D eigenvalue weighted by atomic mass is 19.3. The van der Waals surface area contributed by atoms with Crippen molar-refractivity contribution < 1.29 is 32.6 Å². The average molecular weight is 414 g/mol. The minimum absolute atomic E-state index is 0.00362. The summed E-state index contributed by atoms with van der Waals surface area (Å²) in [4.78, 5) is 24.9. The van der Waals surface area contributed by atoms with Gasteiger partial charge in [0.15, 0.2) is 5.76 Å². The zero-order chi connectivity index (χ0) is 21.4. The second-order valence-electron chi connectivity index (χ2n) is 7.71. The molecule has 4 rings (SSSR count). The number of esters is 1. The number of carbonyl (C=O) groups is 2. The predicted octanol–water partition coefficient (Wildman–Crippen LogP) is 5.34. The monoisotopic (exact) mass is 414 g/mol. The quantitative estimate of drug-likeness (QED) is 0.375. The highest BCUT2D eigenvalue weighted by molar-refractivity contribution is 6.15. The molecule has 2 heterocycles. The number of rotatable bonds is 5. The van der Waals surface area contributed by atoms with Crippen LogP contribution in [0.3, 0.4) is 0 Å². The number of halogens is 2. The van der Waals surface area contributed by atoms with Crippen LogP contribution in [0, 0.1) is 5.92 Å². The number of allylic oxidation sites excluding steroid dienone is 1. The highest BCUT2D eigenvalue weighted by Crippen LogP contribution is 2.48. The number of Topliss-reactive ketones (excluding diaryl/α,β-unsaturated/α-hetero) is 1. The molecule has 2 aromatic carbocycles. The largest absolute Gasteiger partial charge is 0.452 e. The third-order valence-electron chi connectivity index (χ3n) is 5.06. The number of carbonyl (C=O) groups excluding carboxylic acids is 2. The van der Waals surface area contributed by atoms with Crippen LogP contribution >= 0.6 is 0 Å². The van der Waals surface area contributed by atoms with E-state index in [2.05, 4.69) is 18.6 Å². The topological polar surface area (TPSA) is 61.8 Å². The summed E-state index contributed by atoms with van der Waals surface area (Å²) in [7, 11) is 0. The van der Waals surface area contributed by atoms with Crippen molar-refractivity contribution in [2.24, 2.45) is 5.92 Å². The van der Waals surface area contributed by atoms with E-state index in [1.165, 1.54) is 12.1 Å². The molecule has 0 bridgehead atoms. The number of alkyl halides is 2. The number of ketones is 1. The van der Waals surface area contributed by atoms with E-state index in [-0.39, 0.29) is 35.6 Å². The molecular formula is C23H20F2O5. The fourth-order valence-electron chi connectivity index (χ4n) is 3.91. The lowest BCUT2D eigenvalue weighted by Gasteiger charge is -2.27. The molecule has 2 aromatic rings. The minimum Gasteiger partial charge on any atom is -0.452 e. The Morgan fingerprint density at radius 1 is 1.13 bits per heavy atom. The Morgan fingerprint density at radius 2 is 1.90 bits per heavy atom. The van der Waals surface area contributed by atoms with Gasteiger partial charge in [-0.2, -0.15) is 8.78 Å². The van der Waals surface area contributed by atoms with Gasteiger partial charge in [-0.3, -0.25) is 9.59 Å². The molecule has 0 spiro atoms. The first-order valence-corrected chi connectivity index (χ1v) is 9.69. The molecule has 1 atom stereocenters. The molecule has 2 aliphatic heterocycles. The van der Waals surface area contributed by atoms with Gasteiger partial charge in [0, 0.05) is 17.0 Å². The average Bonchev–Trinajstić information content (AvgIpc) is 2.97. The highest BCUT2D eigenvalue weighted by Gasteiger charge is 2.38. The summed E-state index contributed by atoms with van der Waals surface area (Å²) in [6.07, 6.45) is 2.34. The molecule has 0 radical (unpaired) electrons. The van der Waals surface area contributed by atoms with Gasteiger partial charge in [-0.25, -0.2) is 0 Å². The summed E-state index contributed by atoms with van der Waals surface area (Å²) in [6.45, 7) is 1.13. The van der Waals surface area contributed by atoms with Crippen molar-refractivity contribution >= 4 is 17.8 Å². The number of fused-ring (bicyclic) bond motifs is 3. The summed E-state index contributed by atoms with van der Waals surface area (Å²) in [6, 6.07) is 9.33. The second-order valence-corrected chi connectivity index (χ2v) is 7.71. The zero-order valence-electron chi connectivity index (χ0n) is 16.5. The molecule has 0 N–H and O–H groups in total. The van der Waals surface area contributed by atoms with Crippen LogP contribution in [0.25, 0.3) is 6.08 Å². The van der Waals surface area contributed by atoms with Crippen LogP contribution in [-0.2, 0) is 4.79 Å². The lowest BCUT2D eigenvalue weighted by molar-refractivity contribution is -0.136. The maximum Gasteiger partial charge on any atom is 0.387 e. The van der Waals surface area contributed by atoms with Gasteiger partial charge in [0.05, 0.1) is 12.0 Å². The molecule has 156 valence electrons. The fourth-order valence-corrected chi connectivity index (χ4v) is 3.91. The van der Waals surface area contributed by atoms with E-state index >= 15 is 0 Å². The Balaban J connectivity index is 1.74. The van der Waals surface area contributed by atoms with E-state index in [9.17, 15) is 18.4 Å². The van der Waals surface area contributed by atoms with E-state index in [1.807, 2.05) is 0 Å². The van der Waals surface area contributed by atoms with Crippen molar-refractivity contribution in [2.45, 2.75) is 39.2 Å². The standard InChI is InChI=1S/C23H20F2O5/c1-12(2)9-14-11-19(26)28-17-8-7-15-21(27)18(29-22(15)20(14)17)10-13-5-3-4-6-16(13)30-23(24)25/h3-8,10,12,14,23H,9,11H2,1-2H3/b18-10-/t14-/m0/s1. The SMILES string of the molecule is CC(C)C[C@H]1CC(=O)Oc2ccc3c(c21)O/C(=C\c1ccccc1OC(F)F)C3=O. The molecule has 5 nitrogen and oxygen atoms in total. The fraction of sp³-hybridized carbons (Fsp3) is 0.304. The van der Waals surface area contributed by atoms with Crippen molar-refractivity contribution in [3.05, 3.63) is 58.8 Å². The van der Waals surface area contributed by atoms with Crippen molar-refractivity contribution in [2.75, 3.05) is 0 Å². The number of hydrogen-bond donors (Lipinski definition) is 0. The second kappa shape index (κ2) is 7.89. The first kappa shape index (κ1) is 20.1. The Bertz CT molecular complexity index is 1040. The Hall–Kier alpha value is -3.22. The van der Waals surface area contributed by atoms with Crippen LogP contribution in [0.2, 0.25) is 0 Å². The maximum absolute atomic E-state index is 12.9. The van der Waals surface area contributed by atoms with Gasteiger partial charge >= 0.3 is 12.6 Å². The van der Waals surface area contributed by atoms with Gasteiger partial charge in [0.1, 0.15) is 17.2 Å². The van der Waals surface area contributed by atoms with E-state index < -0.39 is 6.61 Å². The van der Waals surface area contributed by atoms with Gasteiger partial charge in [-0.15, -0.1) is 0 Å². The van der Waals surface area contributed by atoms with Gasteiger partial charge in [0.2, 0.25) is 5.78 Å². The van der Waals surface area contributed by atoms with Crippen LogP contribution in [0.15, 0.2) is 42.2 Å². The molecule has 0 aliphatic carbocycles. The molecule has 0 unspecified atom stereocenters. The molecule has 0 saturated heterocycles. The van der Waals surface area contributed by atoms with Gasteiger partial charge in [-0.05, 0) is 36.6 Å². The Labute approximate surface area is 172 Å². The summed E-state index contributed by atoms with van der Waals surface area (Å²) in [5.41, 5.74) is 1.36. The number of hydrogen-bond acceptors (Lipinski definition) is 5. The van der Waals surface area contributed by atoms with Crippen molar-refractivity contribution in [1.82, 2.24) is 0 Å². The molecule has 0 fully saturated rings. The Kier molecular flexibility index (Phi) is 5.28. The van der Waals surface area contributed by atoms with Crippen LogP contribution in [0.4, 0.5) is 8.78 Å². The molecule has 0 amide bonds. The minimum atomic E-state index is -2.99. The number of para-hydroxylation sites is 1. The summed E-state index contributed by atoms with van der Waals surface area (Å²) in [5, 5.41) is 0. The number of ether oxygens (including phenoxy) is 3. The Morgan fingerprint density at radius 3 is 2.63 bits per heavy atom. The molecule has 7 heteroatoms. The summed E-state index contributed by atoms with van der Waals surface area (Å²) >= 11 is 0. The van der Waals surface area contributed by atoms with E-state index in [0.717, 1.165) is 6.42 Å². The van der Waals surface area contributed by atoms with E-state index in [0.29, 0.717) is 34.1 Å². The smallest absolute Gasteiger partial charge is 0.387 e. The lowest BCUT2D eigenvalue weighted by atomic mass is 9.84. The summed E-state index contributed by atoms with van der Waals surface area (Å²) < 4.78 is 41.2. The van der Waals surface area contributed by atoms with Crippen molar-refractivity contribution in [3.8, 4) is 17.2 Å². The number of benzene rings is 2. The van der Waals surface area contributed by atoms with Crippen LogP contribution in [-0.4, -0.2) is 18.4 Å². The lowest BCUT2D eigenvalue weighted by Crippen LogP contribution is -2.21. The molecule has 2 aliphatic rings. The first-order chi connectivity index (χ1) is 14.3. The first-order valence-electron chi connectivity index (χ1n) is 9.69. The van der Waals surface area contributed by atoms with Gasteiger partial charge < -0.3 is 14.2 Å². The van der Waals surface area contributed by atoms with Crippen LogP contribution in [0.5, 0.6) is 17.2 Å². The van der Waals surface area contributed by atoms with E-state index in [1.54, 1.807) is 30.3 Å². The summed E-state index contributed by atoms with van der Waals surface area (Å²) in [5.74, 6) is 0.240.